The van der Waals surface area contributed by atoms with Crippen LogP contribution in [-0.4, -0.2) is 62.9 Å². The molecule has 1 aliphatic rings. The second-order valence-corrected chi connectivity index (χ2v) is 8.69. The number of carbonyl (C=O) groups is 2. The SMILES string of the molecule is CCc1cccc(C)c1NC(=O)C(=O)N(CCOC)C1CCS(=O)(=O)C1. The number of methoxy groups -OCH3 is 1. The van der Waals surface area contributed by atoms with Crippen molar-refractivity contribution in [3.63, 3.8) is 0 Å². The number of carbonyl (C=O) groups excluding carboxylic acids is 2. The number of nitrogens with zero attached hydrogens (tertiary/aromatic N) is 1. The van der Waals surface area contributed by atoms with E-state index in [1.54, 1.807) is 0 Å². The van der Waals surface area contributed by atoms with Gasteiger partial charge in [0.15, 0.2) is 9.84 Å². The maximum Gasteiger partial charge on any atom is 0.313 e. The number of amides is 2. The first-order valence-corrected chi connectivity index (χ1v) is 10.5. The number of hydrogen-bond donors (Lipinski definition) is 1. The van der Waals surface area contributed by atoms with Crippen LogP contribution in [-0.2, 0) is 30.6 Å². The average molecular weight is 382 g/mol. The zero-order valence-corrected chi connectivity index (χ0v) is 16.3. The summed E-state index contributed by atoms with van der Waals surface area (Å²) in [6.45, 7) is 4.25. The molecule has 2 rings (SSSR count). The summed E-state index contributed by atoms with van der Waals surface area (Å²) in [5.74, 6) is -1.56. The molecule has 1 fully saturated rings. The average Bonchev–Trinajstić information content (AvgIpc) is 2.96. The van der Waals surface area contributed by atoms with Gasteiger partial charge in [-0.05, 0) is 30.9 Å². The Balaban J connectivity index is 2.18. The van der Waals surface area contributed by atoms with Gasteiger partial charge in [0.2, 0.25) is 0 Å². The van der Waals surface area contributed by atoms with Crippen molar-refractivity contribution in [1.82, 2.24) is 4.90 Å². The molecule has 1 saturated heterocycles. The number of aryl methyl sites for hydroxylation is 2. The van der Waals surface area contributed by atoms with Crippen molar-refractivity contribution in [2.45, 2.75) is 32.7 Å². The second kappa shape index (κ2) is 8.64. The van der Waals surface area contributed by atoms with Crippen molar-refractivity contribution >= 4 is 27.3 Å². The van der Waals surface area contributed by atoms with Crippen LogP contribution in [0, 0.1) is 6.92 Å². The van der Waals surface area contributed by atoms with E-state index in [0.29, 0.717) is 12.1 Å². The molecule has 1 aromatic carbocycles. The molecule has 1 atom stereocenters. The Hall–Kier alpha value is -1.93. The molecule has 1 N–H and O–H groups in total. The number of ether oxygens (including phenoxy) is 1. The molecular weight excluding hydrogens is 356 g/mol. The van der Waals surface area contributed by atoms with Crippen molar-refractivity contribution in [3.8, 4) is 0 Å². The number of rotatable bonds is 6. The molecule has 144 valence electrons. The third-order valence-electron chi connectivity index (χ3n) is 4.62. The van der Waals surface area contributed by atoms with Gasteiger partial charge in [-0.1, -0.05) is 25.1 Å². The molecule has 0 aliphatic carbocycles. The summed E-state index contributed by atoms with van der Waals surface area (Å²) >= 11 is 0. The lowest BCUT2D eigenvalue weighted by molar-refractivity contribution is -0.145. The van der Waals surface area contributed by atoms with Crippen molar-refractivity contribution in [1.29, 1.82) is 0 Å². The van der Waals surface area contributed by atoms with E-state index in [1.807, 2.05) is 32.0 Å². The van der Waals surface area contributed by atoms with Crippen molar-refractivity contribution < 1.29 is 22.7 Å². The Morgan fingerprint density at radius 2 is 2.08 bits per heavy atom. The number of benzene rings is 1. The molecule has 1 unspecified atom stereocenters. The van der Waals surface area contributed by atoms with Crippen molar-refractivity contribution in [2.24, 2.45) is 0 Å². The molecule has 8 heteroatoms. The van der Waals surface area contributed by atoms with E-state index in [2.05, 4.69) is 5.32 Å². The maximum absolute atomic E-state index is 12.7. The normalized spacial score (nSPS) is 18.5. The monoisotopic (exact) mass is 382 g/mol. The van der Waals surface area contributed by atoms with Crippen LogP contribution in [0.4, 0.5) is 5.69 Å². The Bertz CT molecular complexity index is 776. The minimum Gasteiger partial charge on any atom is -0.383 e. The fourth-order valence-corrected chi connectivity index (χ4v) is 4.89. The highest BCUT2D eigenvalue weighted by Crippen LogP contribution is 2.22. The molecule has 0 radical (unpaired) electrons. The standard InChI is InChI=1S/C18H26N2O5S/c1-4-14-7-5-6-13(2)16(14)19-17(21)18(22)20(9-10-25-3)15-8-11-26(23,24)12-15/h5-7,15H,4,8-12H2,1-3H3,(H,19,21). The van der Waals surface area contributed by atoms with Gasteiger partial charge in [0, 0.05) is 25.4 Å². The van der Waals surface area contributed by atoms with Crippen LogP contribution < -0.4 is 5.32 Å². The van der Waals surface area contributed by atoms with E-state index in [4.69, 9.17) is 4.74 Å². The highest BCUT2D eigenvalue weighted by atomic mass is 32.2. The quantitative estimate of drug-likeness (QED) is 0.745. The molecule has 0 bridgehead atoms. The maximum atomic E-state index is 12.7. The minimum atomic E-state index is -3.17. The third-order valence-corrected chi connectivity index (χ3v) is 6.37. The van der Waals surface area contributed by atoms with Gasteiger partial charge in [0.05, 0.1) is 18.1 Å². The van der Waals surface area contributed by atoms with Gasteiger partial charge in [-0.3, -0.25) is 9.59 Å². The summed E-state index contributed by atoms with van der Waals surface area (Å²) < 4.78 is 28.5. The topological polar surface area (TPSA) is 92.8 Å². The number of para-hydroxylation sites is 1. The summed E-state index contributed by atoms with van der Waals surface area (Å²) in [6, 6.07) is 5.18. The molecule has 0 saturated carbocycles. The summed E-state index contributed by atoms with van der Waals surface area (Å²) in [7, 11) is -1.67. The molecule has 1 aliphatic heterocycles. The Morgan fingerprint density at radius 3 is 2.65 bits per heavy atom. The molecule has 0 spiro atoms. The summed E-state index contributed by atoms with van der Waals surface area (Å²) in [5, 5.41) is 2.71. The van der Waals surface area contributed by atoms with Gasteiger partial charge in [0.1, 0.15) is 0 Å². The Labute approximate surface area is 154 Å². The largest absolute Gasteiger partial charge is 0.383 e. The lowest BCUT2D eigenvalue weighted by Crippen LogP contribution is -2.48. The molecule has 26 heavy (non-hydrogen) atoms. The first-order valence-electron chi connectivity index (χ1n) is 8.69. The van der Waals surface area contributed by atoms with E-state index >= 15 is 0 Å². The van der Waals surface area contributed by atoms with E-state index in [9.17, 15) is 18.0 Å². The zero-order valence-electron chi connectivity index (χ0n) is 15.4. The zero-order chi connectivity index (χ0) is 19.3. The lowest BCUT2D eigenvalue weighted by Gasteiger charge is -2.27. The van der Waals surface area contributed by atoms with Gasteiger partial charge in [0.25, 0.3) is 0 Å². The van der Waals surface area contributed by atoms with Crippen LogP contribution >= 0.6 is 0 Å². The van der Waals surface area contributed by atoms with Crippen molar-refractivity contribution in [2.75, 3.05) is 37.1 Å². The third kappa shape index (κ3) is 4.82. The molecule has 1 aromatic rings. The predicted octanol–water partition coefficient (Wildman–Crippen LogP) is 1.16. The highest BCUT2D eigenvalue weighted by Gasteiger charge is 2.36. The van der Waals surface area contributed by atoms with Gasteiger partial charge in [-0.15, -0.1) is 0 Å². The number of nitrogens with one attached hydrogen (secondary N) is 1. The van der Waals surface area contributed by atoms with E-state index in [0.717, 1.165) is 17.5 Å². The first kappa shape index (κ1) is 20.4. The predicted molar refractivity (Wildman–Crippen MR) is 99.8 cm³/mol. The van der Waals surface area contributed by atoms with E-state index in [-0.39, 0.29) is 24.7 Å². The summed E-state index contributed by atoms with van der Waals surface area (Å²) in [4.78, 5) is 26.6. The van der Waals surface area contributed by atoms with E-state index < -0.39 is 27.7 Å². The number of hydrogen-bond acceptors (Lipinski definition) is 5. The molecule has 1 heterocycles. The number of sulfone groups is 1. The fraction of sp³-hybridized carbons (Fsp3) is 0.556. The van der Waals surface area contributed by atoms with Crippen LogP contribution in [0.5, 0.6) is 0 Å². The molecular formula is C18H26N2O5S. The van der Waals surface area contributed by atoms with Gasteiger partial charge < -0.3 is 15.0 Å². The molecule has 7 nitrogen and oxygen atoms in total. The van der Waals surface area contributed by atoms with Crippen LogP contribution in [0.2, 0.25) is 0 Å². The summed E-state index contributed by atoms with van der Waals surface area (Å²) in [6.07, 6.45) is 1.06. The van der Waals surface area contributed by atoms with Gasteiger partial charge in [-0.2, -0.15) is 0 Å². The highest BCUT2D eigenvalue weighted by molar-refractivity contribution is 7.91. The smallest absolute Gasteiger partial charge is 0.313 e. The summed E-state index contributed by atoms with van der Waals surface area (Å²) in [5.41, 5.74) is 2.45. The first-order chi connectivity index (χ1) is 12.3. The van der Waals surface area contributed by atoms with Crippen LogP contribution in [0.3, 0.4) is 0 Å². The van der Waals surface area contributed by atoms with Crippen LogP contribution in [0.25, 0.3) is 0 Å². The second-order valence-electron chi connectivity index (χ2n) is 6.46. The van der Waals surface area contributed by atoms with Crippen LogP contribution in [0.15, 0.2) is 18.2 Å². The molecule has 2 amide bonds. The Morgan fingerprint density at radius 1 is 1.35 bits per heavy atom. The number of anilines is 1. The fourth-order valence-electron chi connectivity index (χ4n) is 3.16. The molecule has 0 aromatic heterocycles. The van der Waals surface area contributed by atoms with Crippen molar-refractivity contribution in [3.05, 3.63) is 29.3 Å². The van der Waals surface area contributed by atoms with E-state index in [1.165, 1.54) is 12.0 Å². The lowest BCUT2D eigenvalue weighted by atomic mass is 10.1. The minimum absolute atomic E-state index is 0.0355. The van der Waals surface area contributed by atoms with Crippen LogP contribution in [0.1, 0.15) is 24.5 Å². The van der Waals surface area contributed by atoms with Gasteiger partial charge in [-0.25, -0.2) is 8.42 Å². The van der Waals surface area contributed by atoms with Gasteiger partial charge >= 0.3 is 11.8 Å². The Kier molecular flexibility index (Phi) is 6.77.